The van der Waals surface area contributed by atoms with E-state index >= 15 is 0 Å². The molecule has 35 heavy (non-hydrogen) atoms. The van der Waals surface area contributed by atoms with Crippen LogP contribution in [0, 0.1) is 5.92 Å². The maximum Gasteiger partial charge on any atom is 0.257 e. The lowest BCUT2D eigenvalue weighted by Gasteiger charge is -2.42. The van der Waals surface area contributed by atoms with Crippen molar-refractivity contribution in [3.8, 4) is 5.75 Å². The van der Waals surface area contributed by atoms with Crippen LogP contribution in [0.3, 0.4) is 0 Å². The predicted molar refractivity (Wildman–Crippen MR) is 130 cm³/mol. The van der Waals surface area contributed by atoms with E-state index in [4.69, 9.17) is 9.47 Å². The van der Waals surface area contributed by atoms with Gasteiger partial charge in [0.25, 0.3) is 11.8 Å². The maximum atomic E-state index is 13.4. The van der Waals surface area contributed by atoms with Gasteiger partial charge in [0.1, 0.15) is 18.5 Å². The fraction of sp³-hybridized carbons (Fsp3) is 0.444. The average molecular weight is 478 g/mol. The van der Waals surface area contributed by atoms with Gasteiger partial charge < -0.3 is 25.0 Å². The second kappa shape index (κ2) is 10.1. The fourth-order valence-electron chi connectivity index (χ4n) is 4.76. The Kier molecular flexibility index (Phi) is 6.72. The lowest BCUT2D eigenvalue weighted by atomic mass is 9.94. The zero-order valence-corrected chi connectivity index (χ0v) is 19.9. The van der Waals surface area contributed by atoms with Gasteiger partial charge in [-0.05, 0) is 61.9 Å². The topological polar surface area (TPSA) is 97.0 Å². The first-order valence-corrected chi connectivity index (χ1v) is 12.3. The summed E-state index contributed by atoms with van der Waals surface area (Å²) < 4.78 is 12.3. The van der Waals surface area contributed by atoms with E-state index in [1.807, 2.05) is 6.07 Å². The minimum absolute atomic E-state index is 0.0203. The molecule has 0 radical (unpaired) electrons. The van der Waals surface area contributed by atoms with Gasteiger partial charge in [-0.15, -0.1) is 0 Å². The van der Waals surface area contributed by atoms with E-state index in [9.17, 15) is 14.4 Å². The van der Waals surface area contributed by atoms with Gasteiger partial charge in [-0.3, -0.25) is 14.4 Å². The van der Waals surface area contributed by atoms with Crippen LogP contribution < -0.4 is 15.4 Å². The highest BCUT2D eigenvalue weighted by molar-refractivity contribution is 6.05. The molecule has 0 aromatic heterocycles. The lowest BCUT2D eigenvalue weighted by molar-refractivity contribution is -0.134. The molecule has 0 bridgehead atoms. The number of anilines is 1. The van der Waals surface area contributed by atoms with Crippen molar-refractivity contribution in [2.45, 2.75) is 50.4 Å². The molecule has 5 rings (SSSR count). The molecule has 8 nitrogen and oxygen atoms in total. The molecule has 3 aliphatic rings. The standard InChI is InChI=1S/C27H31N3O5/c1-30-22-11-10-20(14-25(31)28-15-17-7-8-17)35-24(22)16-34-23-12-9-19(13-21(23)27(30)33)29-26(32)18-5-3-2-4-6-18/h2-6,9,12-13,17,20,22,24H,7-8,10-11,14-16H2,1H3,(H,28,31)(H,29,32)/t20-,22-,24+/m0/s1. The van der Waals surface area contributed by atoms with E-state index in [1.165, 1.54) is 12.8 Å². The summed E-state index contributed by atoms with van der Waals surface area (Å²) >= 11 is 0. The number of hydrogen-bond acceptors (Lipinski definition) is 5. The molecule has 0 unspecified atom stereocenters. The van der Waals surface area contributed by atoms with Gasteiger partial charge in [-0.1, -0.05) is 18.2 Å². The van der Waals surface area contributed by atoms with Crippen molar-refractivity contribution in [2.75, 3.05) is 25.5 Å². The summed E-state index contributed by atoms with van der Waals surface area (Å²) in [5.74, 6) is 0.681. The minimum Gasteiger partial charge on any atom is -0.490 e. The Labute approximate surface area is 205 Å². The smallest absolute Gasteiger partial charge is 0.257 e. The zero-order valence-electron chi connectivity index (χ0n) is 19.9. The second-order valence-corrected chi connectivity index (χ2v) is 9.65. The van der Waals surface area contributed by atoms with Crippen molar-refractivity contribution >= 4 is 23.4 Å². The summed E-state index contributed by atoms with van der Waals surface area (Å²) in [5, 5.41) is 5.85. The summed E-state index contributed by atoms with van der Waals surface area (Å²) in [6, 6.07) is 13.9. The maximum absolute atomic E-state index is 13.4. The third-order valence-electron chi connectivity index (χ3n) is 7.00. The Morgan fingerprint density at radius 1 is 1.06 bits per heavy atom. The first-order valence-electron chi connectivity index (χ1n) is 12.3. The molecule has 2 aromatic rings. The highest BCUT2D eigenvalue weighted by Gasteiger charge is 2.39. The molecular weight excluding hydrogens is 446 g/mol. The average Bonchev–Trinajstić information content (AvgIpc) is 3.70. The Morgan fingerprint density at radius 2 is 1.86 bits per heavy atom. The number of fused-ring (bicyclic) bond motifs is 2. The van der Waals surface area contributed by atoms with Crippen LogP contribution in [0.4, 0.5) is 5.69 Å². The van der Waals surface area contributed by atoms with Crippen LogP contribution >= 0.6 is 0 Å². The van der Waals surface area contributed by atoms with E-state index in [0.29, 0.717) is 41.3 Å². The number of carbonyl (C=O) groups excluding carboxylic acids is 3. The number of ether oxygens (including phenoxy) is 2. The Morgan fingerprint density at radius 3 is 2.63 bits per heavy atom. The van der Waals surface area contributed by atoms with Gasteiger partial charge >= 0.3 is 0 Å². The molecule has 2 aliphatic heterocycles. The van der Waals surface area contributed by atoms with Crippen LogP contribution in [-0.2, 0) is 9.53 Å². The molecule has 2 heterocycles. The number of hydrogen-bond donors (Lipinski definition) is 2. The largest absolute Gasteiger partial charge is 0.490 e. The third-order valence-corrected chi connectivity index (χ3v) is 7.00. The van der Waals surface area contributed by atoms with Gasteiger partial charge in [0.05, 0.1) is 24.1 Å². The number of rotatable bonds is 6. The van der Waals surface area contributed by atoms with Gasteiger partial charge in [-0.2, -0.15) is 0 Å². The first kappa shape index (κ1) is 23.4. The summed E-state index contributed by atoms with van der Waals surface area (Å²) in [7, 11) is 1.77. The predicted octanol–water partition coefficient (Wildman–Crippen LogP) is 3.24. The number of nitrogens with one attached hydrogen (secondary N) is 2. The second-order valence-electron chi connectivity index (χ2n) is 9.65. The van der Waals surface area contributed by atoms with Crippen LogP contribution in [0.1, 0.15) is 52.8 Å². The third kappa shape index (κ3) is 5.48. The van der Waals surface area contributed by atoms with E-state index in [0.717, 1.165) is 13.0 Å². The number of likely N-dealkylation sites (N-methyl/N-ethyl adjacent to an activating group) is 1. The van der Waals surface area contributed by atoms with Crippen molar-refractivity contribution in [1.82, 2.24) is 10.2 Å². The van der Waals surface area contributed by atoms with Crippen molar-refractivity contribution in [3.05, 3.63) is 59.7 Å². The molecule has 8 heteroatoms. The monoisotopic (exact) mass is 477 g/mol. The number of nitrogens with zero attached hydrogens (tertiary/aromatic N) is 1. The summed E-state index contributed by atoms with van der Waals surface area (Å²) in [4.78, 5) is 39.9. The molecule has 1 aliphatic carbocycles. The number of carbonyl (C=O) groups is 3. The van der Waals surface area contributed by atoms with Crippen LogP contribution in [0.2, 0.25) is 0 Å². The Bertz CT molecular complexity index is 1100. The van der Waals surface area contributed by atoms with Gasteiger partial charge in [0, 0.05) is 24.8 Å². The van der Waals surface area contributed by atoms with E-state index in [-0.39, 0.29) is 42.6 Å². The SMILES string of the molecule is CN1C(=O)c2cc(NC(=O)c3ccccc3)ccc2OC[C@H]2O[C@H](CC(=O)NCC3CC3)CC[C@@H]21. The molecule has 3 amide bonds. The molecule has 1 saturated carbocycles. The van der Waals surface area contributed by atoms with E-state index < -0.39 is 0 Å². The van der Waals surface area contributed by atoms with Crippen LogP contribution in [0.15, 0.2) is 48.5 Å². The number of benzene rings is 2. The Hall–Kier alpha value is -3.39. The summed E-state index contributed by atoms with van der Waals surface area (Å²) in [6.07, 6.45) is 3.66. The molecule has 2 N–H and O–H groups in total. The van der Waals surface area contributed by atoms with Gasteiger partial charge in [0.15, 0.2) is 0 Å². The molecule has 2 aromatic carbocycles. The molecule has 2 fully saturated rings. The van der Waals surface area contributed by atoms with Gasteiger partial charge in [0.2, 0.25) is 5.91 Å². The van der Waals surface area contributed by atoms with Crippen molar-refractivity contribution in [2.24, 2.45) is 5.92 Å². The van der Waals surface area contributed by atoms with Crippen molar-refractivity contribution in [3.63, 3.8) is 0 Å². The summed E-state index contributed by atoms with van der Waals surface area (Å²) in [5.41, 5.74) is 1.47. The fourth-order valence-corrected chi connectivity index (χ4v) is 4.76. The van der Waals surface area contributed by atoms with E-state index in [2.05, 4.69) is 10.6 Å². The Balaban J connectivity index is 1.25. The molecular formula is C27H31N3O5. The van der Waals surface area contributed by atoms with Crippen LogP contribution in [0.25, 0.3) is 0 Å². The van der Waals surface area contributed by atoms with Crippen LogP contribution in [0.5, 0.6) is 5.75 Å². The van der Waals surface area contributed by atoms with Crippen molar-refractivity contribution < 1.29 is 23.9 Å². The molecule has 184 valence electrons. The molecule has 1 saturated heterocycles. The highest BCUT2D eigenvalue weighted by Crippen LogP contribution is 2.33. The zero-order chi connectivity index (χ0) is 24.4. The molecule has 3 atom stereocenters. The number of amides is 3. The first-order chi connectivity index (χ1) is 17.0. The van der Waals surface area contributed by atoms with Crippen molar-refractivity contribution in [1.29, 1.82) is 0 Å². The quantitative estimate of drug-likeness (QED) is 0.666. The van der Waals surface area contributed by atoms with E-state index in [1.54, 1.807) is 54.4 Å². The van der Waals surface area contributed by atoms with Gasteiger partial charge in [-0.25, -0.2) is 0 Å². The lowest BCUT2D eigenvalue weighted by Crippen LogP contribution is -2.54. The normalized spacial score (nSPS) is 23.7. The highest BCUT2D eigenvalue weighted by atomic mass is 16.5. The van der Waals surface area contributed by atoms with Crippen LogP contribution in [-0.4, -0.2) is 61.1 Å². The molecule has 0 spiro atoms. The summed E-state index contributed by atoms with van der Waals surface area (Å²) in [6.45, 7) is 1.04. The minimum atomic E-state index is -0.315.